The number of nitrogens with one attached hydrogen (secondary N) is 1. The Kier molecular flexibility index (Phi) is 10.8. The molecule has 0 aromatic heterocycles. The van der Waals surface area contributed by atoms with E-state index in [1.54, 1.807) is 0 Å². The largest absolute Gasteiger partial charge is 0.380 e. The van der Waals surface area contributed by atoms with Crippen molar-refractivity contribution >= 4 is 35.6 Å². The van der Waals surface area contributed by atoms with E-state index in [-0.39, 0.29) is 24.0 Å². The number of ether oxygens (including phenoxy) is 1. The van der Waals surface area contributed by atoms with E-state index in [1.807, 2.05) is 7.05 Å². The number of hydrogen-bond donors (Lipinski definition) is 1. The average Bonchev–Trinajstić information content (AvgIpc) is 2.62. The van der Waals surface area contributed by atoms with E-state index >= 15 is 0 Å². The average molecular weight is 446 g/mol. The number of para-hydroxylation sites is 1. The van der Waals surface area contributed by atoms with Gasteiger partial charge in [0.15, 0.2) is 5.96 Å². The van der Waals surface area contributed by atoms with Crippen molar-refractivity contribution in [1.29, 1.82) is 0 Å². The lowest BCUT2D eigenvalue weighted by atomic mass is 10.2. The van der Waals surface area contributed by atoms with Crippen LogP contribution in [0.25, 0.3) is 0 Å². The number of halogens is 1. The molecule has 2 rings (SSSR count). The van der Waals surface area contributed by atoms with Crippen molar-refractivity contribution in [1.82, 2.24) is 10.2 Å². The summed E-state index contributed by atoms with van der Waals surface area (Å²) < 4.78 is 5.59. The first-order chi connectivity index (χ1) is 11.3. The second-order valence-corrected chi connectivity index (χ2v) is 5.75. The quantitative estimate of drug-likeness (QED) is 0.303. The molecule has 1 saturated heterocycles. The molecule has 0 spiro atoms. The molecular weight excluding hydrogens is 415 g/mol. The molecule has 1 heterocycles. The molecule has 0 unspecified atom stereocenters. The minimum absolute atomic E-state index is 0. The van der Waals surface area contributed by atoms with Gasteiger partial charge in [-0.3, -0.25) is 4.99 Å². The van der Waals surface area contributed by atoms with Crippen molar-refractivity contribution in [3.63, 3.8) is 0 Å². The molecule has 1 aliphatic rings. The van der Waals surface area contributed by atoms with E-state index in [2.05, 4.69) is 57.4 Å². The fourth-order valence-corrected chi connectivity index (χ4v) is 2.73. The summed E-state index contributed by atoms with van der Waals surface area (Å²) in [6.45, 7) is 8.62. The Labute approximate surface area is 163 Å². The predicted octanol–water partition coefficient (Wildman–Crippen LogP) is 2.82. The van der Waals surface area contributed by atoms with E-state index in [1.165, 1.54) is 12.1 Å². The number of anilines is 1. The molecule has 0 amide bonds. The lowest BCUT2D eigenvalue weighted by molar-refractivity contribution is 0.135. The third-order valence-corrected chi connectivity index (χ3v) is 4.08. The first kappa shape index (κ1) is 21.0. The van der Waals surface area contributed by atoms with Crippen molar-refractivity contribution < 1.29 is 4.74 Å². The van der Waals surface area contributed by atoms with Crippen LogP contribution in [0.4, 0.5) is 5.69 Å². The molecule has 1 N–H and O–H groups in total. The number of hydrogen-bond acceptors (Lipinski definition) is 3. The second-order valence-electron chi connectivity index (χ2n) is 5.75. The van der Waals surface area contributed by atoms with Gasteiger partial charge in [-0.25, -0.2) is 0 Å². The summed E-state index contributed by atoms with van der Waals surface area (Å²) in [5.74, 6) is 0.983. The van der Waals surface area contributed by atoms with Gasteiger partial charge in [0.25, 0.3) is 0 Å². The Balaban J connectivity index is 0.00000288. The van der Waals surface area contributed by atoms with Crippen LogP contribution in [0.5, 0.6) is 0 Å². The molecule has 5 nitrogen and oxygen atoms in total. The lowest BCUT2D eigenvalue weighted by Gasteiger charge is -2.37. The minimum Gasteiger partial charge on any atom is -0.380 e. The first-order valence-corrected chi connectivity index (χ1v) is 8.68. The molecule has 0 saturated carbocycles. The highest BCUT2D eigenvalue weighted by atomic mass is 127. The summed E-state index contributed by atoms with van der Waals surface area (Å²) in [6, 6.07) is 10.6. The van der Waals surface area contributed by atoms with Crippen LogP contribution < -0.4 is 10.2 Å². The summed E-state index contributed by atoms with van der Waals surface area (Å²) in [5.41, 5.74) is 1.31. The molecule has 1 aliphatic heterocycles. The van der Waals surface area contributed by atoms with Crippen molar-refractivity contribution in [2.75, 3.05) is 57.9 Å². The van der Waals surface area contributed by atoms with E-state index in [9.17, 15) is 0 Å². The van der Waals surface area contributed by atoms with Gasteiger partial charge in [0.1, 0.15) is 0 Å². The highest BCUT2D eigenvalue weighted by molar-refractivity contribution is 14.0. The SMILES string of the molecule is CCCCOCCNC(=NC)N1CCN(c2ccccc2)CC1.I. The van der Waals surface area contributed by atoms with Crippen molar-refractivity contribution in [2.24, 2.45) is 4.99 Å². The van der Waals surface area contributed by atoms with Crippen LogP contribution in [0.1, 0.15) is 19.8 Å². The van der Waals surface area contributed by atoms with Gasteiger partial charge in [0.05, 0.1) is 6.61 Å². The highest BCUT2D eigenvalue weighted by Crippen LogP contribution is 2.15. The maximum absolute atomic E-state index is 5.59. The van der Waals surface area contributed by atoms with Gasteiger partial charge in [-0.1, -0.05) is 31.5 Å². The molecule has 0 atom stereocenters. The van der Waals surface area contributed by atoms with Gasteiger partial charge >= 0.3 is 0 Å². The van der Waals surface area contributed by atoms with Gasteiger partial charge < -0.3 is 19.9 Å². The summed E-state index contributed by atoms with van der Waals surface area (Å²) in [7, 11) is 1.85. The Morgan fingerprint density at radius 1 is 1.12 bits per heavy atom. The summed E-state index contributed by atoms with van der Waals surface area (Å²) >= 11 is 0. The third-order valence-electron chi connectivity index (χ3n) is 4.08. The predicted molar refractivity (Wildman–Crippen MR) is 113 cm³/mol. The standard InChI is InChI=1S/C18H30N4O.HI/c1-3-4-15-23-16-10-20-18(19-2)22-13-11-21(12-14-22)17-8-6-5-7-9-17;/h5-9H,3-4,10-16H2,1-2H3,(H,19,20);1H. The van der Waals surface area contributed by atoms with Gasteiger partial charge in [0, 0.05) is 52.1 Å². The fourth-order valence-electron chi connectivity index (χ4n) is 2.73. The molecule has 0 radical (unpaired) electrons. The third kappa shape index (κ3) is 6.84. The normalized spacial score (nSPS) is 15.2. The number of rotatable bonds is 7. The molecule has 1 aromatic rings. The molecular formula is C18H31IN4O. The van der Waals surface area contributed by atoms with Crippen LogP contribution in [-0.2, 0) is 4.74 Å². The second kappa shape index (κ2) is 12.4. The van der Waals surface area contributed by atoms with E-state index in [0.29, 0.717) is 0 Å². The number of unbranched alkanes of at least 4 members (excludes halogenated alkanes) is 1. The van der Waals surface area contributed by atoms with Crippen LogP contribution >= 0.6 is 24.0 Å². The summed E-state index contributed by atoms with van der Waals surface area (Å²) in [6.07, 6.45) is 2.32. The molecule has 24 heavy (non-hydrogen) atoms. The van der Waals surface area contributed by atoms with Gasteiger partial charge in [0.2, 0.25) is 0 Å². The molecule has 1 fully saturated rings. The number of aliphatic imine (C=N–C) groups is 1. The van der Waals surface area contributed by atoms with E-state index in [4.69, 9.17) is 4.74 Å². The van der Waals surface area contributed by atoms with Crippen LogP contribution in [0.2, 0.25) is 0 Å². The smallest absolute Gasteiger partial charge is 0.193 e. The Morgan fingerprint density at radius 2 is 1.83 bits per heavy atom. The summed E-state index contributed by atoms with van der Waals surface area (Å²) in [5, 5.41) is 3.40. The number of piperazine rings is 1. The zero-order chi connectivity index (χ0) is 16.3. The zero-order valence-corrected chi connectivity index (χ0v) is 17.2. The van der Waals surface area contributed by atoms with Crippen molar-refractivity contribution in [2.45, 2.75) is 19.8 Å². The maximum Gasteiger partial charge on any atom is 0.193 e. The molecule has 0 aliphatic carbocycles. The molecule has 0 bridgehead atoms. The Hall–Kier alpha value is -1.02. The Morgan fingerprint density at radius 3 is 2.46 bits per heavy atom. The van der Waals surface area contributed by atoms with Gasteiger partial charge in [-0.05, 0) is 18.6 Å². The topological polar surface area (TPSA) is 40.1 Å². The molecule has 136 valence electrons. The Bertz CT molecular complexity index is 461. The summed E-state index contributed by atoms with van der Waals surface area (Å²) in [4.78, 5) is 9.15. The minimum atomic E-state index is 0. The molecule has 1 aromatic carbocycles. The zero-order valence-electron chi connectivity index (χ0n) is 14.9. The fraction of sp³-hybridized carbons (Fsp3) is 0.611. The number of benzene rings is 1. The van der Waals surface area contributed by atoms with E-state index in [0.717, 1.165) is 58.3 Å². The van der Waals surface area contributed by atoms with E-state index < -0.39 is 0 Å². The van der Waals surface area contributed by atoms with Crippen LogP contribution in [0, 0.1) is 0 Å². The number of nitrogens with zero attached hydrogens (tertiary/aromatic N) is 3. The van der Waals surface area contributed by atoms with Crippen LogP contribution in [0.3, 0.4) is 0 Å². The lowest BCUT2D eigenvalue weighted by Crippen LogP contribution is -2.53. The molecule has 6 heteroatoms. The van der Waals surface area contributed by atoms with Crippen molar-refractivity contribution in [3.8, 4) is 0 Å². The maximum atomic E-state index is 5.59. The van der Waals surface area contributed by atoms with Crippen LogP contribution in [-0.4, -0.2) is 63.8 Å². The van der Waals surface area contributed by atoms with Gasteiger partial charge in [-0.2, -0.15) is 0 Å². The van der Waals surface area contributed by atoms with Gasteiger partial charge in [-0.15, -0.1) is 24.0 Å². The highest BCUT2D eigenvalue weighted by Gasteiger charge is 2.19. The van der Waals surface area contributed by atoms with Crippen molar-refractivity contribution in [3.05, 3.63) is 30.3 Å². The van der Waals surface area contributed by atoms with Crippen LogP contribution in [0.15, 0.2) is 35.3 Å². The monoisotopic (exact) mass is 446 g/mol. The first-order valence-electron chi connectivity index (χ1n) is 8.68. The number of guanidine groups is 1.